The molecule has 0 spiro atoms. The van der Waals surface area contributed by atoms with E-state index in [9.17, 15) is 4.79 Å². The third-order valence-corrected chi connectivity index (χ3v) is 3.64. The lowest BCUT2D eigenvalue weighted by molar-refractivity contribution is -0.140. The van der Waals surface area contributed by atoms with Crippen LogP contribution in [-0.4, -0.2) is 24.1 Å². The number of hydrazine groups is 2. The van der Waals surface area contributed by atoms with Gasteiger partial charge in [-0.1, -0.05) is 19.3 Å². The summed E-state index contributed by atoms with van der Waals surface area (Å²) in [6.45, 7) is 5.00. The summed E-state index contributed by atoms with van der Waals surface area (Å²) < 4.78 is 5.10. The lowest BCUT2D eigenvalue weighted by Crippen LogP contribution is -2.42. The molecule has 0 bridgehead atoms. The lowest BCUT2D eigenvalue weighted by atomic mass is 9.89. The van der Waals surface area contributed by atoms with Crippen LogP contribution in [0.1, 0.15) is 46.0 Å². The number of allylic oxidation sites excluding steroid dienone is 1. The minimum absolute atomic E-state index is 0.247. The van der Waals surface area contributed by atoms with Crippen molar-refractivity contribution in [3.63, 3.8) is 0 Å². The zero-order valence-corrected chi connectivity index (χ0v) is 11.3. The molecule has 0 aromatic carbocycles. The molecule has 0 saturated heterocycles. The van der Waals surface area contributed by atoms with Gasteiger partial charge in [-0.3, -0.25) is 5.01 Å². The van der Waals surface area contributed by atoms with Gasteiger partial charge in [0.2, 0.25) is 0 Å². The van der Waals surface area contributed by atoms with E-state index in [-0.39, 0.29) is 5.97 Å². The highest BCUT2D eigenvalue weighted by Crippen LogP contribution is 2.26. The maximum Gasteiger partial charge on any atom is 0.357 e. The van der Waals surface area contributed by atoms with Gasteiger partial charge in [-0.25, -0.2) is 4.79 Å². The highest BCUT2D eigenvalue weighted by molar-refractivity contribution is 5.88. The van der Waals surface area contributed by atoms with Crippen LogP contribution >= 0.6 is 0 Å². The number of carbonyl (C=O) groups excluding carboxylic acids is 1. The summed E-state index contributed by atoms with van der Waals surface area (Å²) in [7, 11) is 0. The van der Waals surface area contributed by atoms with Gasteiger partial charge in [0, 0.05) is 6.54 Å². The van der Waals surface area contributed by atoms with E-state index in [2.05, 4.69) is 11.0 Å². The topological polar surface area (TPSA) is 53.6 Å². The van der Waals surface area contributed by atoms with E-state index in [4.69, 9.17) is 4.74 Å². The molecule has 2 rings (SSSR count). The molecule has 0 atom stereocenters. The minimum Gasteiger partial charge on any atom is -0.461 e. The van der Waals surface area contributed by atoms with Crippen molar-refractivity contribution in [3.8, 4) is 0 Å². The van der Waals surface area contributed by atoms with Crippen LogP contribution in [0.3, 0.4) is 0 Å². The number of esters is 1. The first-order valence-electron chi connectivity index (χ1n) is 6.89. The molecule has 2 N–H and O–H groups in total. The van der Waals surface area contributed by atoms with Gasteiger partial charge in [0.05, 0.1) is 12.3 Å². The fourth-order valence-electron chi connectivity index (χ4n) is 2.70. The van der Waals surface area contributed by atoms with Gasteiger partial charge >= 0.3 is 5.97 Å². The van der Waals surface area contributed by atoms with Crippen LogP contribution in [0.5, 0.6) is 0 Å². The van der Waals surface area contributed by atoms with Crippen molar-refractivity contribution >= 4 is 5.97 Å². The summed E-state index contributed by atoms with van der Waals surface area (Å²) in [5.41, 5.74) is 7.52. The van der Waals surface area contributed by atoms with Crippen LogP contribution in [0.2, 0.25) is 0 Å². The Morgan fingerprint density at radius 2 is 2.11 bits per heavy atom. The van der Waals surface area contributed by atoms with E-state index in [1.165, 1.54) is 32.1 Å². The quantitative estimate of drug-likeness (QED) is 0.747. The average Bonchev–Trinajstić information content (AvgIpc) is 2.72. The molecule has 1 heterocycles. The van der Waals surface area contributed by atoms with Crippen molar-refractivity contribution in [2.45, 2.75) is 46.0 Å². The van der Waals surface area contributed by atoms with Gasteiger partial charge in [-0.05, 0) is 32.6 Å². The van der Waals surface area contributed by atoms with E-state index in [1.54, 1.807) is 0 Å². The normalized spacial score (nSPS) is 21.1. The lowest BCUT2D eigenvalue weighted by Gasteiger charge is -2.28. The minimum atomic E-state index is -0.247. The maximum absolute atomic E-state index is 11.9. The first-order chi connectivity index (χ1) is 8.72. The van der Waals surface area contributed by atoms with Crippen molar-refractivity contribution in [2.24, 2.45) is 5.92 Å². The Hall–Kier alpha value is -1.23. The largest absolute Gasteiger partial charge is 0.461 e. The zero-order chi connectivity index (χ0) is 13.0. The number of nitrogens with zero attached hydrogens (tertiary/aromatic N) is 1. The molecule has 1 fully saturated rings. The standard InChI is InChI=1S/C13H23N3O2/c1-3-18-13(17)12-10(2)14-15-16(12)9-11-7-5-4-6-8-11/h11,14-15H,3-9H2,1-2H3. The van der Waals surface area contributed by atoms with Gasteiger partial charge in [0.15, 0.2) is 5.70 Å². The third kappa shape index (κ3) is 2.96. The highest BCUT2D eigenvalue weighted by Gasteiger charge is 2.29. The highest BCUT2D eigenvalue weighted by atomic mass is 16.5. The van der Waals surface area contributed by atoms with Gasteiger partial charge in [-0.2, -0.15) is 0 Å². The smallest absolute Gasteiger partial charge is 0.357 e. The second-order valence-electron chi connectivity index (χ2n) is 5.05. The number of ether oxygens (including phenoxy) is 1. The Labute approximate surface area is 108 Å². The fraction of sp³-hybridized carbons (Fsp3) is 0.769. The molecule has 1 saturated carbocycles. The molecule has 1 aliphatic heterocycles. The maximum atomic E-state index is 11.9. The molecule has 0 aromatic rings. The van der Waals surface area contributed by atoms with E-state index in [1.807, 2.05) is 18.9 Å². The zero-order valence-electron chi connectivity index (χ0n) is 11.3. The molecular formula is C13H23N3O2. The van der Waals surface area contributed by atoms with E-state index in [0.717, 1.165) is 12.2 Å². The molecule has 0 aromatic heterocycles. The predicted octanol–water partition coefficient (Wildman–Crippen LogP) is 1.69. The summed E-state index contributed by atoms with van der Waals surface area (Å²) in [5, 5.41) is 1.91. The molecule has 0 amide bonds. The van der Waals surface area contributed by atoms with Crippen molar-refractivity contribution in [3.05, 3.63) is 11.4 Å². The van der Waals surface area contributed by atoms with Crippen molar-refractivity contribution in [1.29, 1.82) is 0 Å². The Balaban J connectivity index is 1.97. The van der Waals surface area contributed by atoms with E-state index >= 15 is 0 Å². The van der Waals surface area contributed by atoms with Crippen molar-refractivity contribution in [1.82, 2.24) is 16.0 Å². The van der Waals surface area contributed by atoms with Gasteiger partial charge in [0.25, 0.3) is 0 Å². The number of nitrogens with one attached hydrogen (secondary N) is 2. The van der Waals surface area contributed by atoms with Gasteiger partial charge in [-0.15, -0.1) is 5.53 Å². The predicted molar refractivity (Wildman–Crippen MR) is 68.9 cm³/mol. The monoisotopic (exact) mass is 253 g/mol. The number of rotatable bonds is 4. The SMILES string of the molecule is CCOC(=O)C1=C(C)NNN1CC1CCCCC1. The Bertz CT molecular complexity index is 335. The van der Waals surface area contributed by atoms with Crippen LogP contribution in [0.4, 0.5) is 0 Å². The molecule has 18 heavy (non-hydrogen) atoms. The van der Waals surface area contributed by atoms with Crippen molar-refractivity contribution < 1.29 is 9.53 Å². The van der Waals surface area contributed by atoms with E-state index in [0.29, 0.717) is 18.2 Å². The van der Waals surface area contributed by atoms with Crippen molar-refractivity contribution in [2.75, 3.05) is 13.2 Å². The Morgan fingerprint density at radius 1 is 1.39 bits per heavy atom. The van der Waals surface area contributed by atoms with Crippen LogP contribution in [-0.2, 0) is 9.53 Å². The van der Waals surface area contributed by atoms with Crippen LogP contribution < -0.4 is 11.0 Å². The third-order valence-electron chi connectivity index (χ3n) is 3.64. The average molecular weight is 253 g/mol. The Kier molecular flexibility index (Phi) is 4.47. The summed E-state index contributed by atoms with van der Waals surface area (Å²) in [6, 6.07) is 0. The summed E-state index contributed by atoms with van der Waals surface area (Å²) in [6.07, 6.45) is 6.48. The van der Waals surface area contributed by atoms with Crippen LogP contribution in [0, 0.1) is 5.92 Å². The van der Waals surface area contributed by atoms with Crippen LogP contribution in [0.15, 0.2) is 11.4 Å². The number of hydrogen-bond donors (Lipinski definition) is 2. The summed E-state index contributed by atoms with van der Waals surface area (Å²) in [4.78, 5) is 11.9. The molecule has 102 valence electrons. The molecule has 0 radical (unpaired) electrons. The second-order valence-corrected chi connectivity index (χ2v) is 5.05. The fourth-order valence-corrected chi connectivity index (χ4v) is 2.70. The van der Waals surface area contributed by atoms with Gasteiger partial charge < -0.3 is 10.2 Å². The molecule has 1 aliphatic carbocycles. The Morgan fingerprint density at radius 3 is 2.78 bits per heavy atom. The molecule has 5 heteroatoms. The number of carbonyl (C=O) groups is 1. The van der Waals surface area contributed by atoms with Crippen LogP contribution in [0.25, 0.3) is 0 Å². The molecule has 0 unspecified atom stereocenters. The summed E-state index contributed by atoms with van der Waals surface area (Å²) in [5.74, 6) is 0.423. The van der Waals surface area contributed by atoms with Gasteiger partial charge in [0.1, 0.15) is 0 Å². The molecular weight excluding hydrogens is 230 g/mol. The first-order valence-corrected chi connectivity index (χ1v) is 6.89. The summed E-state index contributed by atoms with van der Waals surface area (Å²) >= 11 is 0. The molecule has 5 nitrogen and oxygen atoms in total. The van der Waals surface area contributed by atoms with E-state index < -0.39 is 0 Å². The second kappa shape index (κ2) is 6.09. The first kappa shape index (κ1) is 13.2. The number of hydrogen-bond acceptors (Lipinski definition) is 5. The molecule has 2 aliphatic rings.